The highest BCUT2D eigenvalue weighted by molar-refractivity contribution is 7.15. The molecule has 1 amide bonds. The van der Waals surface area contributed by atoms with Crippen LogP contribution in [0.5, 0.6) is 0 Å². The number of nitrogens with one attached hydrogen (secondary N) is 1. The molecule has 2 aromatic rings. The molecular weight excluding hydrogens is 288 g/mol. The number of nitrogen functional groups attached to an aromatic ring is 1. The number of carbonyl (C=O) groups is 1. The van der Waals surface area contributed by atoms with Crippen LogP contribution in [0.15, 0.2) is 12.1 Å². The lowest BCUT2D eigenvalue weighted by molar-refractivity contribution is -0.115. The number of hydrogen-bond acceptors (Lipinski definition) is 7. The van der Waals surface area contributed by atoms with Crippen molar-refractivity contribution in [3.63, 3.8) is 0 Å². The molecule has 0 saturated heterocycles. The average molecular weight is 306 g/mol. The van der Waals surface area contributed by atoms with Crippen LogP contribution in [0.1, 0.15) is 36.9 Å². The van der Waals surface area contributed by atoms with Gasteiger partial charge in [0.1, 0.15) is 5.01 Å². The predicted octanol–water partition coefficient (Wildman–Crippen LogP) is 1.82. The largest absolute Gasteiger partial charge is 0.374 e. The summed E-state index contributed by atoms with van der Waals surface area (Å²) >= 11 is 1.43. The third-order valence-corrected chi connectivity index (χ3v) is 3.68. The Bertz CT molecular complexity index is 583. The molecule has 2 aromatic heterocycles. The van der Waals surface area contributed by atoms with E-state index in [2.05, 4.69) is 25.7 Å². The Morgan fingerprint density at radius 1 is 1.19 bits per heavy atom. The van der Waals surface area contributed by atoms with E-state index in [0.717, 1.165) is 36.4 Å². The van der Waals surface area contributed by atoms with Gasteiger partial charge < -0.3 is 11.1 Å². The van der Waals surface area contributed by atoms with Crippen molar-refractivity contribution in [2.24, 2.45) is 0 Å². The lowest BCUT2D eigenvalue weighted by atomic mass is 10.1. The quantitative estimate of drug-likeness (QED) is 0.756. The molecule has 0 bridgehead atoms. The molecule has 0 spiro atoms. The number of anilines is 2. The van der Waals surface area contributed by atoms with Gasteiger partial charge in [-0.15, -0.1) is 15.3 Å². The maximum Gasteiger partial charge on any atom is 0.225 e. The minimum Gasteiger partial charge on any atom is -0.374 e. The zero-order valence-corrected chi connectivity index (χ0v) is 12.7. The smallest absolute Gasteiger partial charge is 0.225 e. The number of hydrogen-bond donors (Lipinski definition) is 2. The van der Waals surface area contributed by atoms with Crippen molar-refractivity contribution >= 4 is 28.2 Å². The van der Waals surface area contributed by atoms with E-state index in [1.165, 1.54) is 11.3 Å². The number of nitrogens with zero attached hydrogens (tertiary/aromatic N) is 4. The SMILES string of the molecule is CCC(=O)Nc1ccc(CCCCc2nnc(N)s2)nn1. The maximum atomic E-state index is 11.2. The summed E-state index contributed by atoms with van der Waals surface area (Å²) in [4.78, 5) is 11.2. The summed E-state index contributed by atoms with van der Waals surface area (Å²) in [7, 11) is 0. The van der Waals surface area contributed by atoms with Crippen molar-refractivity contribution in [2.45, 2.75) is 39.0 Å². The first-order valence-electron chi connectivity index (χ1n) is 6.87. The van der Waals surface area contributed by atoms with E-state index in [9.17, 15) is 4.79 Å². The average Bonchev–Trinajstić information content (AvgIpc) is 2.91. The van der Waals surface area contributed by atoms with Crippen molar-refractivity contribution in [1.29, 1.82) is 0 Å². The zero-order chi connectivity index (χ0) is 15.1. The van der Waals surface area contributed by atoms with Crippen LogP contribution in [-0.4, -0.2) is 26.3 Å². The van der Waals surface area contributed by atoms with E-state index in [0.29, 0.717) is 17.4 Å². The standard InChI is InChI=1S/C13H18N6OS/c1-2-11(20)15-10-8-7-9(16-17-10)5-3-4-6-12-18-19-13(14)21-12/h7-8H,2-6H2,1H3,(H2,14,19)(H,15,17,20). The Morgan fingerprint density at radius 2 is 2.00 bits per heavy atom. The van der Waals surface area contributed by atoms with Crippen LogP contribution in [0, 0.1) is 0 Å². The number of aromatic nitrogens is 4. The number of rotatable bonds is 7. The van der Waals surface area contributed by atoms with Gasteiger partial charge >= 0.3 is 0 Å². The highest BCUT2D eigenvalue weighted by Crippen LogP contribution is 2.14. The second-order valence-electron chi connectivity index (χ2n) is 4.55. The van der Waals surface area contributed by atoms with Crippen molar-refractivity contribution in [2.75, 3.05) is 11.1 Å². The number of carbonyl (C=O) groups excluding carboxylic acids is 1. The van der Waals surface area contributed by atoms with Gasteiger partial charge in [-0.3, -0.25) is 4.79 Å². The molecule has 21 heavy (non-hydrogen) atoms. The molecule has 112 valence electrons. The molecule has 2 heterocycles. The lowest BCUT2D eigenvalue weighted by Gasteiger charge is -2.03. The molecular formula is C13H18N6OS. The summed E-state index contributed by atoms with van der Waals surface area (Å²) in [5, 5.41) is 20.0. The molecule has 0 aliphatic heterocycles. The highest BCUT2D eigenvalue weighted by Gasteiger charge is 2.03. The summed E-state index contributed by atoms with van der Waals surface area (Å²) in [5.74, 6) is 0.434. The van der Waals surface area contributed by atoms with Gasteiger partial charge in [0.05, 0.1) is 5.69 Å². The summed E-state index contributed by atoms with van der Waals surface area (Å²) in [6.45, 7) is 1.79. The molecule has 3 N–H and O–H groups in total. The Kier molecular flexibility index (Phi) is 5.56. The third kappa shape index (κ3) is 5.07. The van der Waals surface area contributed by atoms with Crippen LogP contribution in [0.2, 0.25) is 0 Å². The number of nitrogens with two attached hydrogens (primary N) is 1. The molecule has 7 nitrogen and oxygen atoms in total. The van der Waals surface area contributed by atoms with E-state index in [1.54, 1.807) is 13.0 Å². The van der Waals surface area contributed by atoms with Crippen molar-refractivity contribution in [3.05, 3.63) is 22.8 Å². The first-order chi connectivity index (χ1) is 10.2. The van der Waals surface area contributed by atoms with Gasteiger partial charge in [-0.1, -0.05) is 18.3 Å². The molecule has 0 radical (unpaired) electrons. The van der Waals surface area contributed by atoms with Gasteiger partial charge in [0.25, 0.3) is 0 Å². The fraction of sp³-hybridized carbons (Fsp3) is 0.462. The first-order valence-corrected chi connectivity index (χ1v) is 7.69. The molecule has 0 fully saturated rings. The van der Waals surface area contributed by atoms with Crippen molar-refractivity contribution in [1.82, 2.24) is 20.4 Å². The van der Waals surface area contributed by atoms with E-state index in [-0.39, 0.29) is 5.91 Å². The van der Waals surface area contributed by atoms with Gasteiger partial charge in [-0.05, 0) is 31.4 Å². The molecule has 0 aromatic carbocycles. The monoisotopic (exact) mass is 306 g/mol. The fourth-order valence-corrected chi connectivity index (χ4v) is 2.39. The molecule has 8 heteroatoms. The van der Waals surface area contributed by atoms with Crippen LogP contribution in [0.25, 0.3) is 0 Å². The predicted molar refractivity (Wildman–Crippen MR) is 81.9 cm³/mol. The molecule has 0 atom stereocenters. The summed E-state index contributed by atoms with van der Waals surface area (Å²) in [6, 6.07) is 3.67. The number of unbranched alkanes of at least 4 members (excludes halogenated alkanes) is 1. The second-order valence-corrected chi connectivity index (χ2v) is 5.65. The van der Waals surface area contributed by atoms with Gasteiger partial charge in [0.2, 0.25) is 11.0 Å². The number of amides is 1. The van der Waals surface area contributed by atoms with Gasteiger partial charge in [-0.25, -0.2) is 0 Å². The third-order valence-electron chi connectivity index (χ3n) is 2.86. The van der Waals surface area contributed by atoms with E-state index in [1.807, 2.05) is 6.07 Å². The van der Waals surface area contributed by atoms with Crippen molar-refractivity contribution < 1.29 is 4.79 Å². The maximum absolute atomic E-state index is 11.2. The van der Waals surface area contributed by atoms with E-state index in [4.69, 9.17) is 5.73 Å². The summed E-state index contributed by atoms with van der Waals surface area (Å²) in [5.41, 5.74) is 6.45. The van der Waals surface area contributed by atoms with Crippen molar-refractivity contribution in [3.8, 4) is 0 Å². The van der Waals surface area contributed by atoms with Gasteiger partial charge in [-0.2, -0.15) is 5.10 Å². The van der Waals surface area contributed by atoms with Crippen LogP contribution in [-0.2, 0) is 17.6 Å². The Hall–Kier alpha value is -2.09. The Morgan fingerprint density at radius 3 is 2.62 bits per heavy atom. The van der Waals surface area contributed by atoms with E-state index < -0.39 is 0 Å². The summed E-state index contributed by atoms with van der Waals surface area (Å²) in [6.07, 6.45) is 4.16. The molecule has 0 unspecified atom stereocenters. The van der Waals surface area contributed by atoms with Gasteiger partial charge in [0.15, 0.2) is 5.82 Å². The topological polar surface area (TPSA) is 107 Å². The van der Waals surface area contributed by atoms with Crippen LogP contribution < -0.4 is 11.1 Å². The Labute approximate surface area is 127 Å². The fourth-order valence-electron chi connectivity index (χ4n) is 1.74. The Balaban J connectivity index is 1.72. The van der Waals surface area contributed by atoms with Crippen LogP contribution >= 0.6 is 11.3 Å². The highest BCUT2D eigenvalue weighted by atomic mass is 32.1. The second kappa shape index (κ2) is 7.63. The minimum atomic E-state index is -0.0617. The summed E-state index contributed by atoms with van der Waals surface area (Å²) < 4.78 is 0. The molecule has 0 saturated carbocycles. The molecule has 0 aliphatic rings. The normalized spacial score (nSPS) is 10.5. The minimum absolute atomic E-state index is 0.0617. The van der Waals surface area contributed by atoms with Crippen LogP contribution in [0.4, 0.5) is 10.9 Å². The lowest BCUT2D eigenvalue weighted by Crippen LogP contribution is -2.11. The molecule has 2 rings (SSSR count). The first kappa shape index (κ1) is 15.3. The van der Waals surface area contributed by atoms with Crippen LogP contribution in [0.3, 0.4) is 0 Å². The zero-order valence-electron chi connectivity index (χ0n) is 11.9. The van der Waals surface area contributed by atoms with Gasteiger partial charge in [0, 0.05) is 12.8 Å². The van der Waals surface area contributed by atoms with E-state index >= 15 is 0 Å². The molecule has 0 aliphatic carbocycles. The number of aryl methyl sites for hydroxylation is 2.